The molecule has 0 radical (unpaired) electrons. The average molecular weight is 321 g/mol. The molecule has 126 valence electrons. The lowest BCUT2D eigenvalue weighted by Gasteiger charge is -2.43. The van der Waals surface area contributed by atoms with E-state index in [-0.39, 0.29) is 18.9 Å². The standard InChI is InChI=1S/C17H23NO5/c1-3-9-17(16(21)22)11-18(10-8-14(17)19)15(20)12-4-6-13(23-2)7-5-12/h4-7,14,19H,3,8-11H2,1-2H3,(H,21,22)/t14-,17+/m0/s1. The van der Waals surface area contributed by atoms with E-state index in [0.29, 0.717) is 30.7 Å². The summed E-state index contributed by atoms with van der Waals surface area (Å²) in [5, 5.41) is 19.8. The molecule has 6 heteroatoms. The van der Waals surface area contributed by atoms with Gasteiger partial charge in [0.05, 0.1) is 13.2 Å². The molecule has 1 aromatic rings. The monoisotopic (exact) mass is 321 g/mol. The van der Waals surface area contributed by atoms with E-state index in [4.69, 9.17) is 4.74 Å². The number of hydrogen-bond acceptors (Lipinski definition) is 4. The molecule has 1 aromatic carbocycles. The molecule has 2 N–H and O–H groups in total. The molecule has 2 rings (SSSR count). The molecule has 1 aliphatic rings. The number of carbonyl (C=O) groups excluding carboxylic acids is 1. The fraction of sp³-hybridized carbons (Fsp3) is 0.529. The second kappa shape index (κ2) is 7.00. The summed E-state index contributed by atoms with van der Waals surface area (Å²) < 4.78 is 5.07. The lowest BCUT2D eigenvalue weighted by atomic mass is 9.74. The fourth-order valence-electron chi connectivity index (χ4n) is 3.18. The molecule has 0 aromatic heterocycles. The second-order valence-electron chi connectivity index (χ2n) is 5.97. The Labute approximate surface area is 135 Å². The van der Waals surface area contributed by atoms with Crippen molar-refractivity contribution in [2.24, 2.45) is 5.41 Å². The molecule has 1 heterocycles. The highest BCUT2D eigenvalue weighted by molar-refractivity contribution is 5.95. The first-order valence-electron chi connectivity index (χ1n) is 7.79. The average Bonchev–Trinajstić information content (AvgIpc) is 2.56. The van der Waals surface area contributed by atoms with E-state index >= 15 is 0 Å². The number of piperidine rings is 1. The van der Waals surface area contributed by atoms with Gasteiger partial charge in [0.1, 0.15) is 11.2 Å². The van der Waals surface area contributed by atoms with Crippen LogP contribution in [0.2, 0.25) is 0 Å². The summed E-state index contributed by atoms with van der Waals surface area (Å²) in [6.07, 6.45) is 0.317. The van der Waals surface area contributed by atoms with Gasteiger partial charge < -0.3 is 19.8 Å². The van der Waals surface area contributed by atoms with Gasteiger partial charge in [-0.25, -0.2) is 0 Å². The SMILES string of the molecule is CCC[C@@]1(C(=O)O)CN(C(=O)c2ccc(OC)cc2)CC[C@@H]1O. The second-order valence-corrected chi connectivity index (χ2v) is 5.97. The Morgan fingerprint density at radius 3 is 2.52 bits per heavy atom. The van der Waals surface area contributed by atoms with Crippen LogP contribution in [0.5, 0.6) is 5.75 Å². The third-order valence-electron chi connectivity index (χ3n) is 4.53. The minimum Gasteiger partial charge on any atom is -0.497 e. The van der Waals surface area contributed by atoms with E-state index in [9.17, 15) is 19.8 Å². The number of nitrogens with zero attached hydrogens (tertiary/aromatic N) is 1. The van der Waals surface area contributed by atoms with Crippen molar-refractivity contribution >= 4 is 11.9 Å². The molecule has 0 bridgehead atoms. The van der Waals surface area contributed by atoms with Crippen LogP contribution in [0.4, 0.5) is 0 Å². The number of aliphatic hydroxyl groups is 1. The summed E-state index contributed by atoms with van der Waals surface area (Å²) in [4.78, 5) is 25.9. The summed E-state index contributed by atoms with van der Waals surface area (Å²) in [6.45, 7) is 2.26. The maximum atomic E-state index is 12.6. The maximum Gasteiger partial charge on any atom is 0.314 e. The summed E-state index contributed by atoms with van der Waals surface area (Å²) in [5.74, 6) is -0.609. The number of rotatable bonds is 5. The summed E-state index contributed by atoms with van der Waals surface area (Å²) >= 11 is 0. The predicted octanol–water partition coefficient (Wildman–Crippen LogP) is 1.77. The van der Waals surface area contributed by atoms with Crippen LogP contribution < -0.4 is 4.74 Å². The Hall–Kier alpha value is -2.08. The number of amides is 1. The molecule has 1 saturated heterocycles. The highest BCUT2D eigenvalue weighted by Crippen LogP contribution is 2.36. The van der Waals surface area contributed by atoms with Crippen molar-refractivity contribution in [3.63, 3.8) is 0 Å². The zero-order valence-electron chi connectivity index (χ0n) is 13.5. The molecule has 1 aliphatic heterocycles. The van der Waals surface area contributed by atoms with Crippen molar-refractivity contribution < 1.29 is 24.5 Å². The van der Waals surface area contributed by atoms with Crippen LogP contribution in [0.15, 0.2) is 24.3 Å². The molecule has 1 amide bonds. The van der Waals surface area contributed by atoms with Crippen LogP contribution in [-0.2, 0) is 4.79 Å². The molecular formula is C17H23NO5. The minimum atomic E-state index is -1.28. The molecular weight excluding hydrogens is 298 g/mol. The Morgan fingerprint density at radius 2 is 2.00 bits per heavy atom. The van der Waals surface area contributed by atoms with Crippen LogP contribution in [0, 0.1) is 5.41 Å². The van der Waals surface area contributed by atoms with Crippen LogP contribution in [0.25, 0.3) is 0 Å². The molecule has 6 nitrogen and oxygen atoms in total. The summed E-state index contributed by atoms with van der Waals surface area (Å²) in [5.41, 5.74) is -0.798. The van der Waals surface area contributed by atoms with E-state index in [2.05, 4.69) is 0 Å². The number of aliphatic hydroxyl groups excluding tert-OH is 1. The van der Waals surface area contributed by atoms with Crippen LogP contribution in [0.3, 0.4) is 0 Å². The molecule has 23 heavy (non-hydrogen) atoms. The largest absolute Gasteiger partial charge is 0.497 e. The lowest BCUT2D eigenvalue weighted by Crippen LogP contribution is -2.57. The number of carbonyl (C=O) groups is 2. The summed E-state index contributed by atoms with van der Waals surface area (Å²) in [6, 6.07) is 6.72. The predicted molar refractivity (Wildman–Crippen MR) is 84.5 cm³/mol. The topological polar surface area (TPSA) is 87.1 Å². The number of carboxylic acids is 1. The number of likely N-dealkylation sites (tertiary alicyclic amines) is 1. The molecule has 2 atom stereocenters. The Balaban J connectivity index is 2.22. The van der Waals surface area contributed by atoms with Crippen LogP contribution >= 0.6 is 0 Å². The number of hydrogen-bond donors (Lipinski definition) is 2. The van der Waals surface area contributed by atoms with Gasteiger partial charge in [0.25, 0.3) is 5.91 Å². The van der Waals surface area contributed by atoms with Crippen molar-refractivity contribution in [3.8, 4) is 5.75 Å². The highest BCUT2D eigenvalue weighted by Gasteiger charge is 2.49. The van der Waals surface area contributed by atoms with Gasteiger partial charge >= 0.3 is 5.97 Å². The van der Waals surface area contributed by atoms with E-state index in [1.54, 1.807) is 31.4 Å². The molecule has 1 fully saturated rings. The van der Waals surface area contributed by atoms with E-state index in [1.165, 1.54) is 4.90 Å². The van der Waals surface area contributed by atoms with Crippen LogP contribution in [-0.4, -0.2) is 53.3 Å². The Kier molecular flexibility index (Phi) is 5.26. The lowest BCUT2D eigenvalue weighted by molar-refractivity contribution is -0.162. The van der Waals surface area contributed by atoms with Crippen molar-refractivity contribution in [2.45, 2.75) is 32.3 Å². The first-order valence-corrected chi connectivity index (χ1v) is 7.79. The number of aliphatic carboxylic acids is 1. The van der Waals surface area contributed by atoms with Crippen LogP contribution in [0.1, 0.15) is 36.5 Å². The number of ether oxygens (including phenoxy) is 1. The smallest absolute Gasteiger partial charge is 0.314 e. The Morgan fingerprint density at radius 1 is 1.35 bits per heavy atom. The van der Waals surface area contributed by atoms with Gasteiger partial charge in [-0.2, -0.15) is 0 Å². The van der Waals surface area contributed by atoms with Crippen molar-refractivity contribution in [1.29, 1.82) is 0 Å². The van der Waals surface area contributed by atoms with Gasteiger partial charge in [0.15, 0.2) is 0 Å². The Bertz CT molecular complexity index is 571. The van der Waals surface area contributed by atoms with Gasteiger partial charge in [-0.3, -0.25) is 9.59 Å². The van der Waals surface area contributed by atoms with Crippen molar-refractivity contribution in [1.82, 2.24) is 4.90 Å². The van der Waals surface area contributed by atoms with Crippen molar-refractivity contribution in [2.75, 3.05) is 20.2 Å². The van der Waals surface area contributed by atoms with Gasteiger partial charge in [-0.05, 0) is 37.1 Å². The van der Waals surface area contributed by atoms with Gasteiger partial charge in [0, 0.05) is 18.7 Å². The molecule has 0 unspecified atom stereocenters. The highest BCUT2D eigenvalue weighted by atomic mass is 16.5. The molecule has 0 aliphatic carbocycles. The first kappa shape index (κ1) is 17.3. The molecule has 0 saturated carbocycles. The van der Waals surface area contributed by atoms with E-state index in [1.807, 2.05) is 6.92 Å². The quantitative estimate of drug-likeness (QED) is 0.863. The number of carboxylic acid groups (broad SMARTS) is 1. The number of methoxy groups -OCH3 is 1. The van der Waals surface area contributed by atoms with E-state index < -0.39 is 17.5 Å². The van der Waals surface area contributed by atoms with Crippen molar-refractivity contribution in [3.05, 3.63) is 29.8 Å². The fourth-order valence-corrected chi connectivity index (χ4v) is 3.18. The third-order valence-corrected chi connectivity index (χ3v) is 4.53. The zero-order chi connectivity index (χ0) is 17.0. The van der Waals surface area contributed by atoms with Gasteiger partial charge in [-0.1, -0.05) is 13.3 Å². The minimum absolute atomic E-state index is 0.0300. The zero-order valence-corrected chi connectivity index (χ0v) is 13.5. The maximum absolute atomic E-state index is 12.6. The van der Waals surface area contributed by atoms with Gasteiger partial charge in [-0.15, -0.1) is 0 Å². The normalized spacial score (nSPS) is 24.3. The number of benzene rings is 1. The van der Waals surface area contributed by atoms with E-state index in [0.717, 1.165) is 0 Å². The summed E-state index contributed by atoms with van der Waals surface area (Å²) in [7, 11) is 1.55. The first-order chi connectivity index (χ1) is 10.9. The third kappa shape index (κ3) is 3.32. The van der Waals surface area contributed by atoms with Gasteiger partial charge in [0.2, 0.25) is 0 Å². The molecule has 0 spiro atoms.